The first-order valence-electron chi connectivity index (χ1n) is 6.25. The normalized spacial score (nSPS) is 19.6. The second-order valence-corrected chi connectivity index (χ2v) is 5.62. The molecular formula is C14H18BrNO. The lowest BCUT2D eigenvalue weighted by Gasteiger charge is -2.16. The predicted molar refractivity (Wildman–Crippen MR) is 73.1 cm³/mol. The lowest BCUT2D eigenvalue weighted by molar-refractivity contribution is 0.0786. The van der Waals surface area contributed by atoms with Crippen molar-refractivity contribution in [3.05, 3.63) is 34.3 Å². The molecule has 0 saturated carbocycles. The summed E-state index contributed by atoms with van der Waals surface area (Å²) in [7, 11) is 0. The number of likely N-dealkylation sites (tertiary alicyclic amines) is 1. The third-order valence-corrected chi connectivity index (χ3v) is 3.89. The number of nitrogens with zero attached hydrogens (tertiary/aromatic N) is 1. The number of hydrogen-bond acceptors (Lipinski definition) is 1. The zero-order valence-corrected chi connectivity index (χ0v) is 11.7. The quantitative estimate of drug-likeness (QED) is 0.832. The first-order valence-corrected chi connectivity index (χ1v) is 7.05. The first kappa shape index (κ1) is 12.6. The van der Waals surface area contributed by atoms with Crippen molar-refractivity contribution in [3.63, 3.8) is 0 Å². The molecule has 0 radical (unpaired) electrons. The van der Waals surface area contributed by atoms with Crippen molar-refractivity contribution in [2.75, 3.05) is 13.1 Å². The maximum atomic E-state index is 12.2. The van der Waals surface area contributed by atoms with Gasteiger partial charge in [-0.15, -0.1) is 0 Å². The van der Waals surface area contributed by atoms with Gasteiger partial charge in [-0.25, -0.2) is 0 Å². The Morgan fingerprint density at radius 3 is 2.76 bits per heavy atom. The standard InChI is InChI=1S/C14H18BrNO/c1-2-3-11-8-9-16(10-11)14(17)12-4-6-13(15)7-5-12/h4-7,11H,2-3,8-10H2,1H3. The zero-order chi connectivity index (χ0) is 12.3. The molecule has 1 fully saturated rings. The van der Waals surface area contributed by atoms with E-state index in [4.69, 9.17) is 0 Å². The van der Waals surface area contributed by atoms with Gasteiger partial charge in [-0.05, 0) is 43.0 Å². The Labute approximate surface area is 111 Å². The third kappa shape index (κ3) is 3.09. The van der Waals surface area contributed by atoms with Crippen molar-refractivity contribution < 1.29 is 4.79 Å². The Morgan fingerprint density at radius 2 is 2.12 bits per heavy atom. The topological polar surface area (TPSA) is 20.3 Å². The molecule has 1 heterocycles. The molecule has 0 aliphatic carbocycles. The fourth-order valence-corrected chi connectivity index (χ4v) is 2.70. The Balaban J connectivity index is 1.99. The van der Waals surface area contributed by atoms with Crippen LogP contribution in [-0.4, -0.2) is 23.9 Å². The van der Waals surface area contributed by atoms with Gasteiger partial charge in [0.2, 0.25) is 0 Å². The van der Waals surface area contributed by atoms with Crippen LogP contribution in [0.15, 0.2) is 28.7 Å². The van der Waals surface area contributed by atoms with Crippen LogP contribution in [0.4, 0.5) is 0 Å². The summed E-state index contributed by atoms with van der Waals surface area (Å²) in [5.74, 6) is 0.885. The maximum absolute atomic E-state index is 12.2. The van der Waals surface area contributed by atoms with Gasteiger partial charge >= 0.3 is 0 Å². The zero-order valence-electron chi connectivity index (χ0n) is 10.2. The second kappa shape index (κ2) is 5.67. The summed E-state index contributed by atoms with van der Waals surface area (Å²) in [6, 6.07) is 7.62. The van der Waals surface area contributed by atoms with Crippen molar-refractivity contribution >= 4 is 21.8 Å². The fraction of sp³-hybridized carbons (Fsp3) is 0.500. The van der Waals surface area contributed by atoms with Crippen LogP contribution in [0.1, 0.15) is 36.5 Å². The Bertz CT molecular complexity index is 388. The summed E-state index contributed by atoms with van der Waals surface area (Å²) in [4.78, 5) is 14.2. The number of benzene rings is 1. The van der Waals surface area contributed by atoms with Crippen LogP contribution in [0, 0.1) is 5.92 Å². The monoisotopic (exact) mass is 295 g/mol. The fourth-order valence-electron chi connectivity index (χ4n) is 2.44. The highest BCUT2D eigenvalue weighted by Crippen LogP contribution is 2.22. The number of carbonyl (C=O) groups excluding carboxylic acids is 1. The average molecular weight is 296 g/mol. The van der Waals surface area contributed by atoms with Crippen LogP contribution >= 0.6 is 15.9 Å². The largest absolute Gasteiger partial charge is 0.338 e. The number of amides is 1. The molecule has 92 valence electrons. The van der Waals surface area contributed by atoms with E-state index in [1.54, 1.807) is 0 Å². The minimum atomic E-state index is 0.177. The minimum Gasteiger partial charge on any atom is -0.338 e. The van der Waals surface area contributed by atoms with E-state index in [1.807, 2.05) is 29.2 Å². The number of hydrogen-bond donors (Lipinski definition) is 0. The van der Waals surface area contributed by atoms with Gasteiger partial charge < -0.3 is 4.90 Å². The highest BCUT2D eigenvalue weighted by molar-refractivity contribution is 9.10. The van der Waals surface area contributed by atoms with Crippen LogP contribution in [0.25, 0.3) is 0 Å². The molecule has 0 spiro atoms. The average Bonchev–Trinajstić information content (AvgIpc) is 2.78. The van der Waals surface area contributed by atoms with Crippen LogP contribution in [-0.2, 0) is 0 Å². The summed E-state index contributed by atoms with van der Waals surface area (Å²) in [5.41, 5.74) is 0.797. The molecule has 3 heteroatoms. The van der Waals surface area contributed by atoms with Crippen molar-refractivity contribution in [1.82, 2.24) is 4.90 Å². The molecule has 1 aromatic rings. The summed E-state index contributed by atoms with van der Waals surface area (Å²) in [6.45, 7) is 4.06. The molecule has 1 unspecified atom stereocenters. The molecule has 0 aromatic heterocycles. The third-order valence-electron chi connectivity index (χ3n) is 3.36. The Kier molecular flexibility index (Phi) is 4.21. The van der Waals surface area contributed by atoms with Crippen molar-refractivity contribution in [1.29, 1.82) is 0 Å². The molecule has 1 aromatic carbocycles. The van der Waals surface area contributed by atoms with Gasteiger partial charge in [0.15, 0.2) is 0 Å². The molecule has 0 N–H and O–H groups in total. The summed E-state index contributed by atoms with van der Waals surface area (Å²) < 4.78 is 1.01. The summed E-state index contributed by atoms with van der Waals surface area (Å²) in [6.07, 6.45) is 3.62. The van der Waals surface area contributed by atoms with Gasteiger partial charge in [0.05, 0.1) is 0 Å². The highest BCUT2D eigenvalue weighted by atomic mass is 79.9. The van der Waals surface area contributed by atoms with Gasteiger partial charge in [0, 0.05) is 23.1 Å². The molecule has 1 amide bonds. The van der Waals surface area contributed by atoms with Crippen LogP contribution < -0.4 is 0 Å². The van der Waals surface area contributed by atoms with E-state index >= 15 is 0 Å². The number of halogens is 1. The molecule has 0 bridgehead atoms. The Hall–Kier alpha value is -0.830. The van der Waals surface area contributed by atoms with Crippen molar-refractivity contribution in [2.45, 2.75) is 26.2 Å². The van der Waals surface area contributed by atoms with E-state index in [9.17, 15) is 4.79 Å². The molecule has 2 rings (SSSR count). The number of carbonyl (C=O) groups is 1. The number of rotatable bonds is 3. The molecule has 1 aliphatic heterocycles. The van der Waals surface area contributed by atoms with Crippen LogP contribution in [0.3, 0.4) is 0 Å². The lowest BCUT2D eigenvalue weighted by Crippen LogP contribution is -2.28. The highest BCUT2D eigenvalue weighted by Gasteiger charge is 2.26. The van der Waals surface area contributed by atoms with Gasteiger partial charge in [-0.1, -0.05) is 29.3 Å². The van der Waals surface area contributed by atoms with Crippen LogP contribution in [0.2, 0.25) is 0 Å². The van der Waals surface area contributed by atoms with Gasteiger partial charge in [0.1, 0.15) is 0 Å². The predicted octanol–water partition coefficient (Wildman–Crippen LogP) is 3.71. The first-order chi connectivity index (χ1) is 8.20. The Morgan fingerprint density at radius 1 is 1.41 bits per heavy atom. The van der Waals surface area contributed by atoms with E-state index < -0.39 is 0 Å². The summed E-state index contributed by atoms with van der Waals surface area (Å²) >= 11 is 3.38. The van der Waals surface area contributed by atoms with Gasteiger partial charge in [0.25, 0.3) is 5.91 Å². The molecule has 17 heavy (non-hydrogen) atoms. The molecule has 1 atom stereocenters. The van der Waals surface area contributed by atoms with E-state index in [-0.39, 0.29) is 5.91 Å². The van der Waals surface area contributed by atoms with Crippen molar-refractivity contribution in [2.24, 2.45) is 5.92 Å². The minimum absolute atomic E-state index is 0.177. The smallest absolute Gasteiger partial charge is 0.253 e. The van der Waals surface area contributed by atoms with Gasteiger partial charge in [-0.2, -0.15) is 0 Å². The molecule has 2 nitrogen and oxygen atoms in total. The van der Waals surface area contributed by atoms with E-state index in [2.05, 4.69) is 22.9 Å². The van der Waals surface area contributed by atoms with E-state index in [0.717, 1.165) is 29.5 Å². The molecule has 1 aliphatic rings. The van der Waals surface area contributed by atoms with Gasteiger partial charge in [-0.3, -0.25) is 4.79 Å². The summed E-state index contributed by atoms with van der Waals surface area (Å²) in [5, 5.41) is 0. The maximum Gasteiger partial charge on any atom is 0.253 e. The van der Waals surface area contributed by atoms with E-state index in [1.165, 1.54) is 12.8 Å². The van der Waals surface area contributed by atoms with E-state index in [0.29, 0.717) is 5.92 Å². The van der Waals surface area contributed by atoms with Crippen molar-refractivity contribution in [3.8, 4) is 0 Å². The molecule has 1 saturated heterocycles. The lowest BCUT2D eigenvalue weighted by atomic mass is 10.0. The molecular weight excluding hydrogens is 278 g/mol. The SMILES string of the molecule is CCCC1CCN(C(=O)c2ccc(Br)cc2)C1. The second-order valence-electron chi connectivity index (χ2n) is 4.70. The van der Waals surface area contributed by atoms with Crippen LogP contribution in [0.5, 0.6) is 0 Å².